The van der Waals surface area contributed by atoms with Gasteiger partial charge in [0.05, 0.1) is 24.9 Å². The van der Waals surface area contributed by atoms with Crippen molar-refractivity contribution < 1.29 is 14.3 Å². The molecule has 19 heavy (non-hydrogen) atoms. The molecule has 98 valence electrons. The SMILES string of the molecule is COC(=O)c1cc(-c2ccc(Cl)c(OC)c2)ncn1. The summed E-state index contributed by atoms with van der Waals surface area (Å²) in [7, 11) is 2.83. The molecular weight excluding hydrogens is 268 g/mol. The first kappa shape index (κ1) is 13.3. The van der Waals surface area contributed by atoms with Crippen molar-refractivity contribution in [3.8, 4) is 17.0 Å². The summed E-state index contributed by atoms with van der Waals surface area (Å²) in [5, 5.41) is 0.508. The number of ether oxygens (including phenoxy) is 2. The van der Waals surface area contributed by atoms with Crippen LogP contribution < -0.4 is 4.74 Å². The highest BCUT2D eigenvalue weighted by Crippen LogP contribution is 2.29. The first-order valence-corrected chi connectivity index (χ1v) is 5.77. The standard InChI is InChI=1S/C13H11ClN2O3/c1-18-12-5-8(3-4-9(12)14)10-6-11(13(17)19-2)16-7-15-10/h3-7H,1-2H3. The quantitative estimate of drug-likeness (QED) is 0.808. The van der Waals surface area contributed by atoms with Crippen molar-refractivity contribution in [1.29, 1.82) is 0 Å². The average molecular weight is 279 g/mol. The number of hydrogen-bond acceptors (Lipinski definition) is 5. The molecule has 5 nitrogen and oxygen atoms in total. The normalized spacial score (nSPS) is 10.1. The monoisotopic (exact) mass is 278 g/mol. The zero-order valence-corrected chi connectivity index (χ0v) is 11.1. The van der Waals surface area contributed by atoms with Crippen molar-refractivity contribution in [3.05, 3.63) is 41.3 Å². The molecule has 0 fully saturated rings. The summed E-state index contributed by atoms with van der Waals surface area (Å²) in [4.78, 5) is 19.4. The van der Waals surface area contributed by atoms with Crippen molar-refractivity contribution in [2.24, 2.45) is 0 Å². The molecule has 0 atom stereocenters. The van der Waals surface area contributed by atoms with Gasteiger partial charge in [-0.2, -0.15) is 0 Å². The highest BCUT2D eigenvalue weighted by Gasteiger charge is 2.11. The predicted molar refractivity (Wildman–Crippen MR) is 70.4 cm³/mol. The lowest BCUT2D eigenvalue weighted by Gasteiger charge is -2.06. The van der Waals surface area contributed by atoms with Crippen LogP contribution in [0.5, 0.6) is 5.75 Å². The van der Waals surface area contributed by atoms with E-state index in [1.165, 1.54) is 20.5 Å². The van der Waals surface area contributed by atoms with Gasteiger partial charge in [-0.05, 0) is 18.2 Å². The maximum atomic E-state index is 11.4. The fraction of sp³-hybridized carbons (Fsp3) is 0.154. The Labute approximate surface area is 115 Å². The Kier molecular flexibility index (Phi) is 3.97. The molecule has 0 N–H and O–H groups in total. The van der Waals surface area contributed by atoms with Crippen LogP contribution >= 0.6 is 11.6 Å². The third-order valence-corrected chi connectivity index (χ3v) is 2.82. The molecule has 0 bridgehead atoms. The summed E-state index contributed by atoms with van der Waals surface area (Å²) in [6.07, 6.45) is 1.31. The Hall–Kier alpha value is -2.14. The molecule has 0 aliphatic heterocycles. The second-order valence-corrected chi connectivity index (χ2v) is 4.04. The minimum Gasteiger partial charge on any atom is -0.495 e. The number of aromatic nitrogens is 2. The molecule has 0 unspecified atom stereocenters. The minimum absolute atomic E-state index is 0.196. The van der Waals surface area contributed by atoms with Crippen molar-refractivity contribution in [2.75, 3.05) is 14.2 Å². The fourth-order valence-corrected chi connectivity index (χ4v) is 1.75. The van der Waals surface area contributed by atoms with Gasteiger partial charge < -0.3 is 9.47 Å². The van der Waals surface area contributed by atoms with Gasteiger partial charge >= 0.3 is 5.97 Å². The molecule has 1 aromatic carbocycles. The molecule has 1 heterocycles. The maximum absolute atomic E-state index is 11.4. The van der Waals surface area contributed by atoms with E-state index < -0.39 is 5.97 Å². The third kappa shape index (κ3) is 2.82. The predicted octanol–water partition coefficient (Wildman–Crippen LogP) is 2.59. The summed E-state index contributed by atoms with van der Waals surface area (Å²) in [6, 6.07) is 6.78. The number of rotatable bonds is 3. The van der Waals surface area contributed by atoms with Crippen molar-refractivity contribution in [3.63, 3.8) is 0 Å². The molecule has 0 saturated heterocycles. The van der Waals surface area contributed by atoms with Crippen molar-refractivity contribution in [1.82, 2.24) is 9.97 Å². The van der Waals surface area contributed by atoms with Crippen molar-refractivity contribution in [2.45, 2.75) is 0 Å². The molecule has 0 spiro atoms. The van der Waals surface area contributed by atoms with Gasteiger partial charge in [0.15, 0.2) is 5.69 Å². The summed E-state index contributed by atoms with van der Waals surface area (Å²) >= 11 is 5.96. The Morgan fingerprint density at radius 3 is 2.68 bits per heavy atom. The van der Waals surface area contributed by atoms with E-state index in [0.29, 0.717) is 16.5 Å². The lowest BCUT2D eigenvalue weighted by molar-refractivity contribution is 0.0594. The van der Waals surface area contributed by atoms with Crippen LogP contribution in [0.3, 0.4) is 0 Å². The summed E-state index contributed by atoms with van der Waals surface area (Å²) < 4.78 is 9.76. The summed E-state index contributed by atoms with van der Waals surface area (Å²) in [5.74, 6) is 0.0296. The van der Waals surface area contributed by atoms with Crippen LogP contribution in [0.4, 0.5) is 0 Å². The number of carbonyl (C=O) groups is 1. The van der Waals surface area contributed by atoms with Gasteiger partial charge in [0, 0.05) is 5.56 Å². The number of benzene rings is 1. The fourth-order valence-electron chi connectivity index (χ4n) is 1.55. The summed E-state index contributed by atoms with van der Waals surface area (Å²) in [6.45, 7) is 0. The van der Waals surface area contributed by atoms with Crippen molar-refractivity contribution >= 4 is 17.6 Å². The van der Waals surface area contributed by atoms with E-state index in [4.69, 9.17) is 16.3 Å². The molecule has 0 amide bonds. The molecule has 1 aromatic heterocycles. The Morgan fingerprint density at radius 1 is 1.21 bits per heavy atom. The highest BCUT2D eigenvalue weighted by atomic mass is 35.5. The zero-order chi connectivity index (χ0) is 13.8. The van der Waals surface area contributed by atoms with Crippen LogP contribution in [0.1, 0.15) is 10.5 Å². The number of methoxy groups -OCH3 is 2. The summed E-state index contributed by atoms with van der Waals surface area (Å²) in [5.41, 5.74) is 1.56. The lowest BCUT2D eigenvalue weighted by atomic mass is 10.1. The van der Waals surface area contributed by atoms with Gasteiger partial charge in [0.2, 0.25) is 0 Å². The van der Waals surface area contributed by atoms with E-state index in [2.05, 4.69) is 14.7 Å². The van der Waals surface area contributed by atoms with Gasteiger partial charge in [-0.25, -0.2) is 14.8 Å². The Balaban J connectivity index is 2.44. The van der Waals surface area contributed by atoms with Gasteiger partial charge in [-0.1, -0.05) is 17.7 Å². The molecule has 6 heteroatoms. The largest absolute Gasteiger partial charge is 0.495 e. The second kappa shape index (κ2) is 5.67. The topological polar surface area (TPSA) is 61.3 Å². The van der Waals surface area contributed by atoms with Crippen LogP contribution in [0.15, 0.2) is 30.6 Å². The lowest BCUT2D eigenvalue weighted by Crippen LogP contribution is -2.04. The third-order valence-electron chi connectivity index (χ3n) is 2.51. The van der Waals surface area contributed by atoms with Gasteiger partial charge in [-0.15, -0.1) is 0 Å². The van der Waals surface area contributed by atoms with Gasteiger partial charge in [0.1, 0.15) is 12.1 Å². The molecule has 2 aromatic rings. The van der Waals surface area contributed by atoms with E-state index >= 15 is 0 Å². The molecular formula is C13H11ClN2O3. The Morgan fingerprint density at radius 2 is 2.00 bits per heavy atom. The van der Waals surface area contributed by atoms with Crippen LogP contribution in [0.25, 0.3) is 11.3 Å². The number of carbonyl (C=O) groups excluding carboxylic acids is 1. The van der Waals surface area contributed by atoms with E-state index in [-0.39, 0.29) is 5.69 Å². The minimum atomic E-state index is -0.510. The van der Waals surface area contributed by atoms with Gasteiger partial charge in [-0.3, -0.25) is 0 Å². The average Bonchev–Trinajstić information content (AvgIpc) is 2.47. The van der Waals surface area contributed by atoms with Crippen LogP contribution in [-0.4, -0.2) is 30.2 Å². The number of halogens is 1. The van der Waals surface area contributed by atoms with E-state index in [0.717, 1.165) is 5.56 Å². The maximum Gasteiger partial charge on any atom is 0.356 e. The van der Waals surface area contributed by atoms with E-state index in [1.54, 1.807) is 24.3 Å². The Bertz CT molecular complexity index is 617. The second-order valence-electron chi connectivity index (χ2n) is 3.63. The van der Waals surface area contributed by atoms with Crippen LogP contribution in [-0.2, 0) is 4.74 Å². The first-order valence-electron chi connectivity index (χ1n) is 5.40. The van der Waals surface area contributed by atoms with E-state index in [9.17, 15) is 4.79 Å². The number of hydrogen-bond donors (Lipinski definition) is 0. The molecule has 2 rings (SSSR count). The molecule has 0 aliphatic rings. The molecule has 0 aliphatic carbocycles. The smallest absolute Gasteiger partial charge is 0.356 e. The molecule has 0 saturated carbocycles. The number of esters is 1. The first-order chi connectivity index (χ1) is 9.15. The van der Waals surface area contributed by atoms with Gasteiger partial charge in [0.25, 0.3) is 0 Å². The van der Waals surface area contributed by atoms with E-state index in [1.807, 2.05) is 0 Å². The van der Waals surface area contributed by atoms with Crippen LogP contribution in [0.2, 0.25) is 5.02 Å². The zero-order valence-electron chi connectivity index (χ0n) is 10.4. The van der Waals surface area contributed by atoms with Crippen LogP contribution in [0, 0.1) is 0 Å². The molecule has 0 radical (unpaired) electrons. The number of nitrogens with zero attached hydrogens (tertiary/aromatic N) is 2. The highest BCUT2D eigenvalue weighted by molar-refractivity contribution is 6.32.